The summed E-state index contributed by atoms with van der Waals surface area (Å²) in [5.41, 5.74) is 6.63. The Morgan fingerprint density at radius 1 is 0.456 bits per heavy atom. The van der Waals surface area contributed by atoms with Gasteiger partial charge in [-0.25, -0.2) is 67.0 Å². The van der Waals surface area contributed by atoms with Gasteiger partial charge in [0.25, 0.3) is 35.0 Å². The molecule has 0 aliphatic rings. The fourth-order valence-electron chi connectivity index (χ4n) is 6.25. The van der Waals surface area contributed by atoms with Gasteiger partial charge >= 0.3 is 11.9 Å². The second kappa shape index (κ2) is 27.1. The predicted molar refractivity (Wildman–Crippen MR) is 293 cm³/mol. The van der Waals surface area contributed by atoms with Crippen molar-refractivity contribution in [3.8, 4) is 0 Å². The second-order valence-corrected chi connectivity index (χ2v) is 25.5. The smallest absolute Gasteiger partial charge is 0.337 e. The minimum Gasteiger partial charge on any atom is -0.478 e. The van der Waals surface area contributed by atoms with Crippen molar-refractivity contribution < 1.29 is 76.2 Å². The Morgan fingerprint density at radius 3 is 1.01 bits per heavy atom. The summed E-state index contributed by atoms with van der Waals surface area (Å²) in [5, 5.41) is 17.5. The van der Waals surface area contributed by atoms with Gasteiger partial charge in [-0.2, -0.15) is 0 Å². The van der Waals surface area contributed by atoms with Crippen LogP contribution in [-0.4, -0.2) is 53.3 Å². The number of carbonyl (C=O) groups excluding carboxylic acids is 1. The number of halogens is 7. The molecular weight excluding hydrogens is 1130 g/mol. The molecule has 0 heterocycles. The number of carbonyl (C=O) groups is 3. The third kappa shape index (κ3) is 19.6. The van der Waals surface area contributed by atoms with Gasteiger partial charge in [0.1, 0.15) is 0 Å². The zero-order chi connectivity index (χ0) is 59.0. The number of hydrogen-bond donors (Lipinski definition) is 7. The van der Waals surface area contributed by atoms with Crippen LogP contribution in [-0.2, 0) is 45.3 Å². The number of nitrogens with two attached hydrogens (primary N) is 2. The molecule has 0 atom stereocenters. The van der Waals surface area contributed by atoms with Gasteiger partial charge in [0.05, 0.1) is 42.8 Å². The van der Waals surface area contributed by atoms with Crippen LogP contribution in [0.1, 0.15) is 125 Å². The van der Waals surface area contributed by atoms with Crippen molar-refractivity contribution in [1.82, 2.24) is 5.43 Å². The maximum absolute atomic E-state index is 13.5. The summed E-state index contributed by atoms with van der Waals surface area (Å²) in [4.78, 5) is 33.1. The molecule has 0 bridgehead atoms. The highest BCUT2D eigenvalue weighted by molar-refractivity contribution is 8.13. The largest absolute Gasteiger partial charge is 0.478 e. The molecule has 0 saturated heterocycles. The molecule has 0 aliphatic carbocycles. The fraction of sp³-hybridized carbons (Fsp3) is 0.264. The van der Waals surface area contributed by atoms with E-state index >= 15 is 0 Å². The lowest BCUT2D eigenvalue weighted by Crippen LogP contribution is -2.31. The molecular formula is C53H62ClF6N5O11S3. The molecule has 79 heavy (non-hydrogen) atoms. The standard InChI is InChI=1S/C17H19F2N3O3S.C17H17F2NO4S.C10H13ClO2S.C7H5F2NO2.2CH4/c1-17(2,3)10-4-6-11(7-5-10)26(24,25)22-15-9-14(19)13(18)8-12(15)16(23)21-20;1-17(2,3)10-4-6-11(7-5-10)25(23,24)20-15-9-14(19)13(18)8-12(15)16(21)22;1-10(2,3)8-4-6-9(7-5-8)14(11,12)13;8-4-1-3(7(11)12)6(10)2-5(4)9;;/h4-9,22H,20H2,1-3H3,(H,21,23);4-9,20H,1-3H3,(H,21,22);4-7H,1-3H3;1-2H,10H2,(H,11,12);2*1H4. The number of hydrazine groups is 1. The summed E-state index contributed by atoms with van der Waals surface area (Å²) in [6, 6.07) is 22.0. The summed E-state index contributed by atoms with van der Waals surface area (Å²) in [6.07, 6.45) is 0. The van der Waals surface area contributed by atoms with Crippen molar-refractivity contribution in [3.05, 3.63) is 177 Å². The van der Waals surface area contributed by atoms with Crippen molar-refractivity contribution in [1.29, 1.82) is 0 Å². The summed E-state index contributed by atoms with van der Waals surface area (Å²) in [6.45, 7) is 18.0. The van der Waals surface area contributed by atoms with Gasteiger partial charge in [0, 0.05) is 34.6 Å². The molecule has 9 N–H and O–H groups in total. The Morgan fingerprint density at radius 2 is 0.722 bits per heavy atom. The number of anilines is 3. The molecule has 0 saturated carbocycles. The van der Waals surface area contributed by atoms with Crippen LogP contribution in [0.4, 0.5) is 43.4 Å². The van der Waals surface area contributed by atoms with Crippen molar-refractivity contribution in [2.45, 2.75) is 108 Å². The molecule has 16 nitrogen and oxygen atoms in total. The van der Waals surface area contributed by atoms with Gasteiger partial charge in [-0.15, -0.1) is 0 Å². The molecule has 6 aromatic carbocycles. The first-order chi connectivity index (χ1) is 35.1. The van der Waals surface area contributed by atoms with Gasteiger partial charge in [-0.1, -0.05) is 114 Å². The van der Waals surface area contributed by atoms with Gasteiger partial charge in [-0.05, 0) is 87.5 Å². The Balaban J connectivity index is 0.000000547. The first kappa shape index (κ1) is 69.8. The average Bonchev–Trinajstić information content (AvgIpc) is 3.31. The van der Waals surface area contributed by atoms with E-state index in [1.807, 2.05) is 46.3 Å². The SMILES string of the molecule is C.C.CC(C)(C)c1ccc(S(=O)(=O)Cl)cc1.CC(C)(C)c1ccc(S(=O)(=O)Nc2cc(F)c(F)cc2C(=O)NN)cc1.CC(C)(C)c1ccc(S(=O)(=O)Nc2cc(F)c(F)cc2C(=O)O)cc1.Nc1cc(F)c(F)cc1C(=O)O. The predicted octanol–water partition coefficient (Wildman–Crippen LogP) is 11.9. The van der Waals surface area contributed by atoms with Crippen LogP contribution < -0.4 is 26.4 Å². The quantitative estimate of drug-likeness (QED) is 0.0168. The van der Waals surface area contributed by atoms with E-state index in [1.165, 1.54) is 36.4 Å². The minimum absolute atomic E-state index is 0. The number of rotatable bonds is 10. The normalized spacial score (nSPS) is 11.5. The molecule has 26 heteroatoms. The molecule has 0 aliphatic heterocycles. The van der Waals surface area contributed by atoms with E-state index in [-0.39, 0.29) is 51.5 Å². The van der Waals surface area contributed by atoms with Crippen LogP contribution in [0.25, 0.3) is 0 Å². The van der Waals surface area contributed by atoms with E-state index in [4.69, 9.17) is 32.5 Å². The Kier molecular flexibility index (Phi) is 24.0. The van der Waals surface area contributed by atoms with E-state index in [0.29, 0.717) is 36.4 Å². The highest BCUT2D eigenvalue weighted by Crippen LogP contribution is 2.29. The van der Waals surface area contributed by atoms with Gasteiger partial charge in [-0.3, -0.25) is 19.7 Å². The van der Waals surface area contributed by atoms with Crippen molar-refractivity contribution >= 4 is 74.7 Å². The lowest BCUT2D eigenvalue weighted by Gasteiger charge is -2.19. The first-order valence-corrected chi connectivity index (χ1v) is 27.4. The highest BCUT2D eigenvalue weighted by atomic mass is 35.7. The summed E-state index contributed by atoms with van der Waals surface area (Å²) in [7, 11) is -6.69. The number of sulfonamides is 2. The molecule has 6 rings (SSSR count). The van der Waals surface area contributed by atoms with Gasteiger partial charge < -0.3 is 15.9 Å². The number of hydrogen-bond acceptors (Lipinski definition) is 11. The highest BCUT2D eigenvalue weighted by Gasteiger charge is 2.25. The van der Waals surface area contributed by atoms with Crippen LogP contribution >= 0.6 is 10.7 Å². The lowest BCUT2D eigenvalue weighted by atomic mass is 9.87. The van der Waals surface area contributed by atoms with Crippen LogP contribution in [0.15, 0.2) is 124 Å². The first-order valence-electron chi connectivity index (χ1n) is 22.1. The molecule has 432 valence electrons. The van der Waals surface area contributed by atoms with Crippen molar-refractivity contribution in [2.75, 3.05) is 15.2 Å². The average molecular weight is 1190 g/mol. The molecule has 0 unspecified atom stereocenters. The molecule has 0 radical (unpaired) electrons. The maximum atomic E-state index is 13.5. The van der Waals surface area contributed by atoms with Crippen LogP contribution in [0, 0.1) is 34.9 Å². The molecule has 0 spiro atoms. The number of carboxylic acids is 2. The maximum Gasteiger partial charge on any atom is 0.337 e. The van der Waals surface area contributed by atoms with E-state index in [0.717, 1.165) is 16.7 Å². The zero-order valence-corrected chi connectivity index (χ0v) is 45.7. The third-order valence-electron chi connectivity index (χ3n) is 10.6. The number of carboxylic acid groups (broad SMARTS) is 2. The summed E-state index contributed by atoms with van der Waals surface area (Å²) >= 11 is 0. The van der Waals surface area contributed by atoms with Crippen LogP contribution in [0.3, 0.4) is 0 Å². The van der Waals surface area contributed by atoms with E-state index < -0.39 is 110 Å². The van der Waals surface area contributed by atoms with E-state index in [2.05, 4.69) is 25.5 Å². The number of nitrogens with one attached hydrogen (secondary N) is 3. The molecule has 0 fully saturated rings. The zero-order valence-electron chi connectivity index (χ0n) is 42.5. The minimum atomic E-state index is -4.16. The third-order valence-corrected chi connectivity index (χ3v) is 14.7. The van der Waals surface area contributed by atoms with Crippen LogP contribution in [0.5, 0.6) is 0 Å². The molecule has 1 amide bonds. The van der Waals surface area contributed by atoms with E-state index in [1.54, 1.807) is 41.8 Å². The Hall–Kier alpha value is -7.19. The second-order valence-electron chi connectivity index (χ2n) is 19.5. The van der Waals surface area contributed by atoms with Gasteiger partial charge in [0.2, 0.25) is 0 Å². The molecule has 0 aromatic heterocycles. The van der Waals surface area contributed by atoms with Gasteiger partial charge in [0.15, 0.2) is 34.9 Å². The molecule has 6 aromatic rings. The van der Waals surface area contributed by atoms with E-state index in [9.17, 15) is 66.0 Å². The number of nitrogen functional groups attached to an aromatic ring is 2. The number of aromatic carboxylic acids is 2. The lowest BCUT2D eigenvalue weighted by molar-refractivity contribution is 0.0686. The van der Waals surface area contributed by atoms with Crippen molar-refractivity contribution in [2.24, 2.45) is 5.84 Å². The number of amides is 1. The van der Waals surface area contributed by atoms with Crippen molar-refractivity contribution in [3.63, 3.8) is 0 Å². The number of benzene rings is 6. The Bertz CT molecular complexity index is 3500. The summed E-state index contributed by atoms with van der Waals surface area (Å²) < 4.78 is 154. The Labute approximate surface area is 460 Å². The summed E-state index contributed by atoms with van der Waals surface area (Å²) in [5.74, 6) is -6.66. The topological polar surface area (TPSA) is 282 Å². The van der Waals surface area contributed by atoms with Crippen LogP contribution in [0.2, 0.25) is 0 Å². The fourth-order valence-corrected chi connectivity index (χ4v) is 9.16. The monoisotopic (exact) mass is 1190 g/mol.